The number of thioether (sulfide) groups is 1. The van der Waals surface area contributed by atoms with Crippen LogP contribution in [0.3, 0.4) is 0 Å². The van der Waals surface area contributed by atoms with Gasteiger partial charge < -0.3 is 9.80 Å². The first-order valence-electron chi connectivity index (χ1n) is 10.6. The molecule has 0 bridgehead atoms. The molecule has 2 heterocycles. The highest BCUT2D eigenvalue weighted by Gasteiger charge is 2.34. The fraction of sp³-hybridized carbons (Fsp3) is 0.231. The second kappa shape index (κ2) is 8.23. The van der Waals surface area contributed by atoms with Crippen molar-refractivity contribution in [3.05, 3.63) is 101 Å². The van der Waals surface area contributed by atoms with E-state index in [1.54, 1.807) is 11.8 Å². The van der Waals surface area contributed by atoms with Crippen molar-refractivity contribution in [2.24, 2.45) is 0 Å². The molecule has 2 aliphatic rings. The molecule has 0 unspecified atom stereocenters. The zero-order chi connectivity index (χ0) is 21.4. The van der Waals surface area contributed by atoms with Crippen LogP contribution in [0.5, 0.6) is 0 Å². The third-order valence-electron chi connectivity index (χ3n) is 6.03. The van der Waals surface area contributed by atoms with Crippen molar-refractivity contribution >= 4 is 29.3 Å². The number of carbonyl (C=O) groups is 2. The van der Waals surface area contributed by atoms with Gasteiger partial charge in [-0.3, -0.25) is 9.59 Å². The lowest BCUT2D eigenvalue weighted by molar-refractivity contribution is -0.128. The summed E-state index contributed by atoms with van der Waals surface area (Å²) in [4.78, 5) is 29.6. The van der Waals surface area contributed by atoms with Gasteiger partial charge in [0.15, 0.2) is 0 Å². The highest BCUT2D eigenvalue weighted by Crippen LogP contribution is 2.40. The average Bonchev–Trinajstić information content (AvgIpc) is 3.33. The lowest BCUT2D eigenvalue weighted by Gasteiger charge is -2.25. The number of carbonyl (C=O) groups excluding carboxylic acids is 2. The van der Waals surface area contributed by atoms with Gasteiger partial charge in [-0.15, -0.1) is 11.8 Å². The van der Waals surface area contributed by atoms with Crippen molar-refractivity contribution < 1.29 is 9.59 Å². The molecule has 2 amide bonds. The molecule has 156 valence electrons. The first kappa shape index (κ1) is 19.9. The lowest BCUT2D eigenvalue weighted by atomic mass is 10.1. The summed E-state index contributed by atoms with van der Waals surface area (Å²) in [5.41, 5.74) is 5.08. The largest absolute Gasteiger partial charge is 0.322 e. The SMILES string of the molecule is C[C@H]1Cc2ccccc2N1C(=O)c1ccc([C@H]2SCC(=O)N2Cc2ccccc2)cc1. The summed E-state index contributed by atoms with van der Waals surface area (Å²) in [7, 11) is 0. The molecular formula is C26H24N2O2S. The number of amides is 2. The van der Waals surface area contributed by atoms with Crippen molar-refractivity contribution in [1.29, 1.82) is 0 Å². The van der Waals surface area contributed by atoms with Gasteiger partial charge in [-0.1, -0.05) is 60.7 Å². The van der Waals surface area contributed by atoms with E-state index >= 15 is 0 Å². The quantitative estimate of drug-likeness (QED) is 0.584. The predicted octanol–water partition coefficient (Wildman–Crippen LogP) is 5.05. The number of anilines is 1. The van der Waals surface area contributed by atoms with Gasteiger partial charge in [0.05, 0.1) is 5.75 Å². The molecule has 0 aromatic heterocycles. The van der Waals surface area contributed by atoms with Crippen LogP contribution in [-0.2, 0) is 17.8 Å². The minimum Gasteiger partial charge on any atom is -0.322 e. The van der Waals surface area contributed by atoms with Crippen molar-refractivity contribution in [3.63, 3.8) is 0 Å². The standard InChI is InChI=1S/C26H24N2O2S/c1-18-15-22-9-5-6-10-23(22)28(18)25(30)20-11-13-21(14-12-20)26-27(24(29)17-31-26)16-19-7-3-2-4-8-19/h2-14,18,26H,15-17H2,1H3/t18-,26+/m0/s1. The molecule has 0 spiro atoms. The molecule has 2 atom stereocenters. The van der Waals surface area contributed by atoms with Crippen molar-refractivity contribution in [1.82, 2.24) is 4.90 Å². The highest BCUT2D eigenvalue weighted by molar-refractivity contribution is 8.00. The van der Waals surface area contributed by atoms with E-state index in [0.29, 0.717) is 17.9 Å². The topological polar surface area (TPSA) is 40.6 Å². The zero-order valence-corrected chi connectivity index (χ0v) is 18.2. The summed E-state index contributed by atoms with van der Waals surface area (Å²) in [5.74, 6) is 0.669. The molecule has 3 aromatic carbocycles. The van der Waals surface area contributed by atoms with E-state index < -0.39 is 0 Å². The lowest BCUT2D eigenvalue weighted by Crippen LogP contribution is -2.35. The maximum atomic E-state index is 13.3. The number of hydrogen-bond acceptors (Lipinski definition) is 3. The average molecular weight is 429 g/mol. The van der Waals surface area contributed by atoms with Crippen LogP contribution in [-0.4, -0.2) is 28.5 Å². The summed E-state index contributed by atoms with van der Waals surface area (Å²) in [5, 5.41) is -0.0247. The minimum absolute atomic E-state index is 0.0247. The molecule has 5 heteroatoms. The van der Waals surface area contributed by atoms with E-state index in [2.05, 4.69) is 13.0 Å². The molecule has 1 saturated heterocycles. The Kier molecular flexibility index (Phi) is 5.28. The summed E-state index contributed by atoms with van der Waals surface area (Å²) >= 11 is 1.64. The maximum absolute atomic E-state index is 13.3. The van der Waals surface area contributed by atoms with Crippen molar-refractivity contribution in [3.8, 4) is 0 Å². The van der Waals surface area contributed by atoms with Crippen LogP contribution in [0, 0.1) is 0 Å². The van der Waals surface area contributed by atoms with Crippen LogP contribution in [0.25, 0.3) is 0 Å². The Morgan fingerprint density at radius 2 is 1.68 bits per heavy atom. The molecule has 3 aromatic rings. The molecule has 2 aliphatic heterocycles. The van der Waals surface area contributed by atoms with Gasteiger partial charge in [-0.2, -0.15) is 0 Å². The smallest absolute Gasteiger partial charge is 0.258 e. The Hall–Kier alpha value is -3.05. The fourth-order valence-corrected chi connectivity index (χ4v) is 5.67. The summed E-state index contributed by atoms with van der Waals surface area (Å²) in [6.45, 7) is 2.69. The fourth-order valence-electron chi connectivity index (χ4n) is 4.49. The van der Waals surface area contributed by atoms with E-state index in [1.807, 2.05) is 82.6 Å². The van der Waals surface area contributed by atoms with Crippen LogP contribution in [0.4, 0.5) is 5.69 Å². The Bertz CT molecular complexity index is 1110. The van der Waals surface area contributed by atoms with Crippen molar-refractivity contribution in [2.75, 3.05) is 10.7 Å². The number of hydrogen-bond donors (Lipinski definition) is 0. The van der Waals surface area contributed by atoms with E-state index in [0.717, 1.165) is 23.2 Å². The summed E-state index contributed by atoms with van der Waals surface area (Å²) in [6.07, 6.45) is 0.884. The van der Waals surface area contributed by atoms with Gasteiger partial charge in [-0.05, 0) is 48.2 Å². The van der Waals surface area contributed by atoms with Crippen LogP contribution in [0.2, 0.25) is 0 Å². The molecule has 4 nitrogen and oxygen atoms in total. The summed E-state index contributed by atoms with van der Waals surface area (Å²) < 4.78 is 0. The van der Waals surface area contributed by atoms with E-state index in [-0.39, 0.29) is 23.2 Å². The van der Waals surface area contributed by atoms with Gasteiger partial charge in [0.1, 0.15) is 5.37 Å². The van der Waals surface area contributed by atoms with Crippen molar-refractivity contribution in [2.45, 2.75) is 31.3 Å². The van der Waals surface area contributed by atoms with Gasteiger partial charge in [-0.25, -0.2) is 0 Å². The molecule has 5 rings (SSSR count). The second-order valence-corrected chi connectivity index (χ2v) is 9.22. The number of rotatable bonds is 4. The second-order valence-electron chi connectivity index (χ2n) is 8.15. The van der Waals surface area contributed by atoms with Crippen LogP contribution in [0.15, 0.2) is 78.9 Å². The zero-order valence-electron chi connectivity index (χ0n) is 17.4. The first-order chi connectivity index (χ1) is 15.1. The number of para-hydroxylation sites is 1. The normalized spacial score (nSPS) is 20.2. The maximum Gasteiger partial charge on any atom is 0.258 e. The third-order valence-corrected chi connectivity index (χ3v) is 7.29. The Morgan fingerprint density at radius 1 is 0.968 bits per heavy atom. The highest BCUT2D eigenvalue weighted by atomic mass is 32.2. The monoisotopic (exact) mass is 428 g/mol. The van der Waals surface area contributed by atoms with Crippen LogP contribution in [0.1, 0.15) is 39.3 Å². The van der Waals surface area contributed by atoms with Crippen LogP contribution < -0.4 is 4.90 Å². The molecular weight excluding hydrogens is 404 g/mol. The predicted molar refractivity (Wildman–Crippen MR) is 125 cm³/mol. The molecule has 1 fully saturated rings. The number of nitrogens with zero attached hydrogens (tertiary/aromatic N) is 2. The summed E-state index contributed by atoms with van der Waals surface area (Å²) in [6, 6.07) is 26.1. The third kappa shape index (κ3) is 3.74. The molecule has 0 aliphatic carbocycles. The Balaban J connectivity index is 1.36. The van der Waals surface area contributed by atoms with Gasteiger partial charge in [0.2, 0.25) is 5.91 Å². The van der Waals surface area contributed by atoms with E-state index in [4.69, 9.17) is 0 Å². The Labute approximate surface area is 186 Å². The molecule has 0 saturated carbocycles. The molecule has 0 radical (unpaired) electrons. The molecule has 31 heavy (non-hydrogen) atoms. The van der Waals surface area contributed by atoms with Gasteiger partial charge >= 0.3 is 0 Å². The Morgan fingerprint density at radius 3 is 2.45 bits per heavy atom. The first-order valence-corrected chi connectivity index (χ1v) is 11.6. The number of fused-ring (bicyclic) bond motifs is 1. The van der Waals surface area contributed by atoms with Gasteiger partial charge in [0, 0.05) is 23.8 Å². The van der Waals surface area contributed by atoms with Crippen LogP contribution >= 0.6 is 11.8 Å². The van der Waals surface area contributed by atoms with E-state index in [9.17, 15) is 9.59 Å². The number of benzene rings is 3. The van der Waals surface area contributed by atoms with Gasteiger partial charge in [0.25, 0.3) is 5.91 Å². The molecule has 0 N–H and O–H groups in total. The minimum atomic E-state index is -0.0247. The van der Waals surface area contributed by atoms with E-state index in [1.165, 1.54) is 5.56 Å².